The van der Waals surface area contributed by atoms with Crippen molar-refractivity contribution < 1.29 is 14.2 Å². The van der Waals surface area contributed by atoms with Gasteiger partial charge in [-0.2, -0.15) is 5.10 Å². The molecule has 0 aliphatic rings. The van der Waals surface area contributed by atoms with E-state index in [1.54, 1.807) is 18.9 Å². The SMILES string of the molecule is COc1cc([C@@H](C)NCc2c(C)nn(C)c2OC)ccc1OC(C)C. The molecule has 0 aliphatic carbocycles. The molecular weight excluding hydrogens is 318 g/mol. The number of aryl methyl sites for hydroxylation is 2. The van der Waals surface area contributed by atoms with Gasteiger partial charge in [0.05, 0.1) is 31.6 Å². The Labute approximate surface area is 150 Å². The molecule has 0 fully saturated rings. The van der Waals surface area contributed by atoms with E-state index in [9.17, 15) is 0 Å². The van der Waals surface area contributed by atoms with Crippen LogP contribution in [0, 0.1) is 6.92 Å². The maximum atomic E-state index is 5.78. The van der Waals surface area contributed by atoms with Gasteiger partial charge in [0.25, 0.3) is 0 Å². The summed E-state index contributed by atoms with van der Waals surface area (Å²) in [5, 5.41) is 7.94. The Kier molecular flexibility index (Phi) is 6.31. The molecule has 0 spiro atoms. The molecule has 2 aromatic rings. The summed E-state index contributed by atoms with van der Waals surface area (Å²) in [6.45, 7) is 8.79. The van der Waals surface area contributed by atoms with Crippen LogP contribution in [0.15, 0.2) is 18.2 Å². The molecule has 1 atom stereocenters. The summed E-state index contributed by atoms with van der Waals surface area (Å²) in [7, 11) is 5.22. The number of nitrogens with zero attached hydrogens (tertiary/aromatic N) is 2. The lowest BCUT2D eigenvalue weighted by Crippen LogP contribution is -2.19. The fourth-order valence-electron chi connectivity index (χ4n) is 2.82. The standard InChI is InChI=1S/C19H29N3O3/c1-12(2)25-17-9-8-15(10-18(17)23-6)13(3)20-11-16-14(4)21-22(5)19(16)24-7/h8-10,12-13,20H,11H2,1-7H3/t13-/m1/s1. The van der Waals surface area contributed by atoms with Gasteiger partial charge in [-0.1, -0.05) is 6.07 Å². The van der Waals surface area contributed by atoms with Crippen molar-refractivity contribution in [3.05, 3.63) is 35.0 Å². The van der Waals surface area contributed by atoms with Crippen LogP contribution in [0.4, 0.5) is 0 Å². The molecule has 2 rings (SSSR count). The summed E-state index contributed by atoms with van der Waals surface area (Å²) in [4.78, 5) is 0. The van der Waals surface area contributed by atoms with E-state index in [0.717, 1.165) is 34.2 Å². The largest absolute Gasteiger partial charge is 0.493 e. The summed E-state index contributed by atoms with van der Waals surface area (Å²) < 4.78 is 18.5. The summed E-state index contributed by atoms with van der Waals surface area (Å²) in [5.74, 6) is 2.30. The second-order valence-electron chi connectivity index (χ2n) is 6.38. The topological polar surface area (TPSA) is 57.5 Å². The number of benzene rings is 1. The van der Waals surface area contributed by atoms with Crippen LogP contribution in [0.5, 0.6) is 17.4 Å². The van der Waals surface area contributed by atoms with Crippen LogP contribution in [0.3, 0.4) is 0 Å². The Morgan fingerprint density at radius 2 is 1.84 bits per heavy atom. The van der Waals surface area contributed by atoms with Crippen LogP contribution < -0.4 is 19.5 Å². The number of ether oxygens (including phenoxy) is 3. The van der Waals surface area contributed by atoms with Gasteiger partial charge in [0.1, 0.15) is 0 Å². The van der Waals surface area contributed by atoms with Crippen LogP contribution in [0.1, 0.15) is 43.6 Å². The van der Waals surface area contributed by atoms with Crippen molar-refractivity contribution in [3.8, 4) is 17.4 Å². The van der Waals surface area contributed by atoms with Crippen molar-refractivity contribution in [1.82, 2.24) is 15.1 Å². The van der Waals surface area contributed by atoms with Crippen LogP contribution in [-0.2, 0) is 13.6 Å². The molecule has 1 N–H and O–H groups in total. The van der Waals surface area contributed by atoms with Crippen molar-refractivity contribution in [3.63, 3.8) is 0 Å². The average molecular weight is 347 g/mol. The monoisotopic (exact) mass is 347 g/mol. The highest BCUT2D eigenvalue weighted by Crippen LogP contribution is 2.31. The molecule has 6 nitrogen and oxygen atoms in total. The highest BCUT2D eigenvalue weighted by molar-refractivity contribution is 5.44. The molecule has 25 heavy (non-hydrogen) atoms. The first-order valence-electron chi connectivity index (χ1n) is 8.51. The van der Waals surface area contributed by atoms with Crippen molar-refractivity contribution in [1.29, 1.82) is 0 Å². The molecule has 0 radical (unpaired) electrons. The second kappa shape index (κ2) is 8.25. The fraction of sp³-hybridized carbons (Fsp3) is 0.526. The smallest absolute Gasteiger partial charge is 0.216 e. The van der Waals surface area contributed by atoms with E-state index in [1.165, 1.54) is 0 Å². The van der Waals surface area contributed by atoms with Gasteiger partial charge in [-0.15, -0.1) is 0 Å². The molecule has 0 saturated carbocycles. The number of aromatic nitrogens is 2. The van der Waals surface area contributed by atoms with E-state index in [-0.39, 0.29) is 12.1 Å². The molecule has 1 aromatic carbocycles. The third kappa shape index (κ3) is 4.45. The van der Waals surface area contributed by atoms with Crippen LogP contribution in [-0.4, -0.2) is 30.1 Å². The first-order chi connectivity index (χ1) is 11.9. The maximum absolute atomic E-state index is 5.78. The van der Waals surface area contributed by atoms with Gasteiger partial charge in [0.2, 0.25) is 5.88 Å². The lowest BCUT2D eigenvalue weighted by Gasteiger charge is -2.18. The van der Waals surface area contributed by atoms with Crippen molar-refractivity contribution in [2.75, 3.05) is 14.2 Å². The number of nitrogens with one attached hydrogen (secondary N) is 1. The zero-order chi connectivity index (χ0) is 18.6. The molecule has 1 heterocycles. The van der Waals surface area contributed by atoms with Crippen molar-refractivity contribution in [2.24, 2.45) is 7.05 Å². The number of hydrogen-bond acceptors (Lipinski definition) is 5. The van der Waals surface area contributed by atoms with Crippen LogP contribution >= 0.6 is 0 Å². The van der Waals surface area contributed by atoms with Gasteiger partial charge in [0.15, 0.2) is 11.5 Å². The first kappa shape index (κ1) is 19.1. The van der Waals surface area contributed by atoms with E-state index < -0.39 is 0 Å². The summed E-state index contributed by atoms with van der Waals surface area (Å²) in [5.41, 5.74) is 3.18. The van der Waals surface area contributed by atoms with E-state index in [0.29, 0.717) is 6.54 Å². The van der Waals surface area contributed by atoms with Gasteiger partial charge in [-0.25, -0.2) is 4.68 Å². The van der Waals surface area contributed by atoms with Gasteiger partial charge in [0, 0.05) is 19.6 Å². The third-order valence-electron chi connectivity index (χ3n) is 4.12. The summed E-state index contributed by atoms with van der Waals surface area (Å²) in [6, 6.07) is 6.18. The van der Waals surface area contributed by atoms with Gasteiger partial charge in [-0.3, -0.25) is 0 Å². The lowest BCUT2D eigenvalue weighted by atomic mass is 10.1. The van der Waals surface area contributed by atoms with Crippen LogP contribution in [0.2, 0.25) is 0 Å². The van der Waals surface area contributed by atoms with E-state index in [4.69, 9.17) is 14.2 Å². The molecule has 138 valence electrons. The van der Waals surface area contributed by atoms with Gasteiger partial charge < -0.3 is 19.5 Å². The quantitative estimate of drug-likeness (QED) is 0.793. The highest BCUT2D eigenvalue weighted by atomic mass is 16.5. The molecule has 0 unspecified atom stereocenters. The summed E-state index contributed by atoms with van der Waals surface area (Å²) in [6.07, 6.45) is 0.108. The first-order valence-corrected chi connectivity index (χ1v) is 8.51. The van der Waals surface area contributed by atoms with E-state index in [2.05, 4.69) is 23.4 Å². The number of methoxy groups -OCH3 is 2. The predicted molar refractivity (Wildman–Crippen MR) is 98.5 cm³/mol. The van der Waals surface area contributed by atoms with Crippen molar-refractivity contribution in [2.45, 2.75) is 46.4 Å². The zero-order valence-corrected chi connectivity index (χ0v) is 16.2. The Morgan fingerprint density at radius 3 is 2.44 bits per heavy atom. The average Bonchev–Trinajstić information content (AvgIpc) is 2.85. The number of hydrogen-bond donors (Lipinski definition) is 1. The zero-order valence-electron chi connectivity index (χ0n) is 16.2. The molecule has 6 heteroatoms. The Hall–Kier alpha value is -2.21. The molecule has 0 bridgehead atoms. The van der Waals surface area contributed by atoms with E-state index in [1.807, 2.05) is 40.0 Å². The molecule has 0 amide bonds. The molecule has 0 saturated heterocycles. The highest BCUT2D eigenvalue weighted by Gasteiger charge is 2.16. The minimum absolute atomic E-state index is 0.108. The minimum atomic E-state index is 0.108. The summed E-state index contributed by atoms with van der Waals surface area (Å²) >= 11 is 0. The molecule has 1 aromatic heterocycles. The Bertz CT molecular complexity index is 710. The van der Waals surface area contributed by atoms with Gasteiger partial charge >= 0.3 is 0 Å². The fourth-order valence-corrected chi connectivity index (χ4v) is 2.82. The minimum Gasteiger partial charge on any atom is -0.493 e. The number of rotatable bonds is 8. The Morgan fingerprint density at radius 1 is 1.12 bits per heavy atom. The third-order valence-corrected chi connectivity index (χ3v) is 4.12. The van der Waals surface area contributed by atoms with Gasteiger partial charge in [-0.05, 0) is 45.4 Å². The van der Waals surface area contributed by atoms with Crippen LogP contribution in [0.25, 0.3) is 0 Å². The predicted octanol–water partition coefficient (Wildman–Crippen LogP) is 3.38. The van der Waals surface area contributed by atoms with Crippen molar-refractivity contribution >= 4 is 0 Å². The maximum Gasteiger partial charge on any atom is 0.216 e. The van der Waals surface area contributed by atoms with E-state index >= 15 is 0 Å². The Balaban J connectivity index is 2.12. The normalized spacial score (nSPS) is 12.3. The lowest BCUT2D eigenvalue weighted by molar-refractivity contribution is 0.230. The molecule has 0 aliphatic heterocycles. The second-order valence-corrected chi connectivity index (χ2v) is 6.38. The molecular formula is C19H29N3O3.